The fourth-order valence-electron chi connectivity index (χ4n) is 2.44. The molecule has 0 saturated carbocycles. The van der Waals surface area contributed by atoms with Gasteiger partial charge in [0.25, 0.3) is 0 Å². The Balaban J connectivity index is 1.60. The van der Waals surface area contributed by atoms with Gasteiger partial charge in [-0.05, 0) is 34.0 Å². The Kier molecular flexibility index (Phi) is 3.85. The summed E-state index contributed by atoms with van der Waals surface area (Å²) >= 11 is 0. The van der Waals surface area contributed by atoms with E-state index in [-0.39, 0.29) is 5.60 Å². The number of likely N-dealkylation sites (tertiary alicyclic amines) is 1. The van der Waals surface area contributed by atoms with Crippen molar-refractivity contribution in [3.05, 3.63) is 0 Å². The molecule has 2 aliphatic rings. The minimum Gasteiger partial charge on any atom is -0.371 e. The highest BCUT2D eigenvalue weighted by atomic mass is 16.5. The molecule has 2 saturated heterocycles. The van der Waals surface area contributed by atoms with E-state index in [9.17, 15) is 0 Å². The Morgan fingerprint density at radius 2 is 2.19 bits per heavy atom. The third kappa shape index (κ3) is 2.94. The van der Waals surface area contributed by atoms with Crippen molar-refractivity contribution in [3.63, 3.8) is 0 Å². The normalized spacial score (nSPS) is 29.6. The van der Waals surface area contributed by atoms with Gasteiger partial charge in [-0.15, -0.1) is 0 Å². The average molecular weight is 227 g/mol. The molecule has 4 nitrogen and oxygen atoms in total. The van der Waals surface area contributed by atoms with Crippen molar-refractivity contribution in [1.29, 1.82) is 0 Å². The number of ether oxygens (including phenoxy) is 1. The second kappa shape index (κ2) is 5.00. The van der Waals surface area contributed by atoms with Crippen LogP contribution < -0.4 is 5.32 Å². The predicted octanol–water partition coefficient (Wildman–Crippen LogP) is 0.000800. The second-order valence-corrected chi connectivity index (χ2v) is 5.61. The Bertz CT molecular complexity index is 228. The SMILES string of the molecule is CN(C)C1CCN(CCOC2(C)CNC2)C1. The lowest BCUT2D eigenvalue weighted by Crippen LogP contribution is -2.59. The molecule has 0 aromatic rings. The molecule has 0 bridgehead atoms. The largest absolute Gasteiger partial charge is 0.371 e. The van der Waals surface area contributed by atoms with Crippen molar-refractivity contribution in [2.24, 2.45) is 0 Å². The lowest BCUT2D eigenvalue weighted by molar-refractivity contribution is -0.0712. The monoisotopic (exact) mass is 227 g/mol. The molecule has 16 heavy (non-hydrogen) atoms. The molecule has 2 aliphatic heterocycles. The van der Waals surface area contributed by atoms with Crippen LogP contribution >= 0.6 is 0 Å². The zero-order valence-electron chi connectivity index (χ0n) is 10.8. The highest BCUT2D eigenvalue weighted by Gasteiger charge is 2.32. The van der Waals surface area contributed by atoms with Crippen molar-refractivity contribution in [3.8, 4) is 0 Å². The molecule has 0 aliphatic carbocycles. The smallest absolute Gasteiger partial charge is 0.0902 e. The van der Waals surface area contributed by atoms with Gasteiger partial charge in [-0.1, -0.05) is 0 Å². The van der Waals surface area contributed by atoms with E-state index < -0.39 is 0 Å². The molecule has 2 heterocycles. The van der Waals surface area contributed by atoms with E-state index in [1.165, 1.54) is 19.5 Å². The summed E-state index contributed by atoms with van der Waals surface area (Å²) in [6.45, 7) is 8.58. The maximum absolute atomic E-state index is 5.91. The Morgan fingerprint density at radius 1 is 1.44 bits per heavy atom. The third-order valence-electron chi connectivity index (χ3n) is 3.83. The first-order valence-corrected chi connectivity index (χ1v) is 6.32. The number of hydrogen-bond acceptors (Lipinski definition) is 4. The summed E-state index contributed by atoms with van der Waals surface area (Å²) in [5.74, 6) is 0. The van der Waals surface area contributed by atoms with Crippen LogP contribution in [-0.4, -0.2) is 74.9 Å². The van der Waals surface area contributed by atoms with E-state index in [0.717, 1.165) is 32.3 Å². The summed E-state index contributed by atoms with van der Waals surface area (Å²) in [7, 11) is 4.34. The third-order valence-corrected chi connectivity index (χ3v) is 3.83. The molecule has 1 unspecified atom stereocenters. The standard InChI is InChI=1S/C12H25N3O/c1-12(9-13-10-12)16-7-6-15-5-4-11(8-15)14(2)3/h11,13H,4-10H2,1-3H3. The molecule has 0 radical (unpaired) electrons. The molecule has 2 rings (SSSR count). The van der Waals surface area contributed by atoms with Crippen molar-refractivity contribution in [2.45, 2.75) is 25.0 Å². The van der Waals surface area contributed by atoms with Gasteiger partial charge in [0.2, 0.25) is 0 Å². The molecule has 0 spiro atoms. The van der Waals surface area contributed by atoms with Gasteiger partial charge >= 0.3 is 0 Å². The van der Waals surface area contributed by atoms with Crippen molar-refractivity contribution < 1.29 is 4.74 Å². The molecule has 0 amide bonds. The number of rotatable bonds is 5. The van der Waals surface area contributed by atoms with Crippen LogP contribution in [0.4, 0.5) is 0 Å². The molecule has 1 atom stereocenters. The Hall–Kier alpha value is -0.160. The highest BCUT2D eigenvalue weighted by Crippen LogP contribution is 2.16. The first kappa shape index (κ1) is 12.3. The minimum atomic E-state index is 0.112. The lowest BCUT2D eigenvalue weighted by Gasteiger charge is -2.39. The minimum absolute atomic E-state index is 0.112. The maximum atomic E-state index is 5.91. The van der Waals surface area contributed by atoms with Crippen LogP contribution in [0.1, 0.15) is 13.3 Å². The Labute approximate surface area is 98.9 Å². The van der Waals surface area contributed by atoms with Gasteiger partial charge in [-0.2, -0.15) is 0 Å². The zero-order valence-corrected chi connectivity index (χ0v) is 10.8. The van der Waals surface area contributed by atoms with Gasteiger partial charge in [0.05, 0.1) is 12.2 Å². The van der Waals surface area contributed by atoms with Crippen molar-refractivity contribution in [1.82, 2.24) is 15.1 Å². The van der Waals surface area contributed by atoms with Crippen LogP contribution in [0.15, 0.2) is 0 Å². The Morgan fingerprint density at radius 3 is 2.69 bits per heavy atom. The first-order chi connectivity index (χ1) is 7.59. The van der Waals surface area contributed by atoms with Crippen LogP contribution in [0.5, 0.6) is 0 Å². The van der Waals surface area contributed by atoms with Crippen molar-refractivity contribution >= 4 is 0 Å². The van der Waals surface area contributed by atoms with E-state index in [1.54, 1.807) is 0 Å². The summed E-state index contributed by atoms with van der Waals surface area (Å²) in [5.41, 5.74) is 0.112. The number of nitrogens with zero attached hydrogens (tertiary/aromatic N) is 2. The van der Waals surface area contributed by atoms with Crippen LogP contribution in [0.2, 0.25) is 0 Å². The van der Waals surface area contributed by atoms with Gasteiger partial charge in [0.15, 0.2) is 0 Å². The number of nitrogens with one attached hydrogen (secondary N) is 1. The van der Waals surface area contributed by atoms with Gasteiger partial charge < -0.3 is 15.0 Å². The van der Waals surface area contributed by atoms with E-state index in [4.69, 9.17) is 4.74 Å². The quantitative estimate of drug-likeness (QED) is 0.715. The lowest BCUT2D eigenvalue weighted by atomic mass is 10.0. The molecule has 2 fully saturated rings. The summed E-state index contributed by atoms with van der Waals surface area (Å²) in [6.07, 6.45) is 1.30. The molecule has 0 aromatic heterocycles. The summed E-state index contributed by atoms with van der Waals surface area (Å²) in [6, 6.07) is 0.737. The highest BCUT2D eigenvalue weighted by molar-refractivity contribution is 4.90. The maximum Gasteiger partial charge on any atom is 0.0902 e. The fourth-order valence-corrected chi connectivity index (χ4v) is 2.44. The molecule has 94 valence electrons. The molecule has 0 aromatic carbocycles. The van der Waals surface area contributed by atoms with E-state index >= 15 is 0 Å². The second-order valence-electron chi connectivity index (χ2n) is 5.61. The topological polar surface area (TPSA) is 27.7 Å². The van der Waals surface area contributed by atoms with Crippen LogP contribution in [-0.2, 0) is 4.74 Å². The van der Waals surface area contributed by atoms with Gasteiger partial charge in [-0.3, -0.25) is 4.90 Å². The fraction of sp³-hybridized carbons (Fsp3) is 1.00. The molecular formula is C12H25N3O. The molecule has 4 heteroatoms. The predicted molar refractivity (Wildman–Crippen MR) is 65.8 cm³/mol. The first-order valence-electron chi connectivity index (χ1n) is 6.32. The van der Waals surface area contributed by atoms with Crippen molar-refractivity contribution in [2.75, 3.05) is 53.4 Å². The van der Waals surface area contributed by atoms with E-state index in [0.29, 0.717) is 0 Å². The van der Waals surface area contributed by atoms with Gasteiger partial charge in [0, 0.05) is 32.2 Å². The summed E-state index contributed by atoms with van der Waals surface area (Å²) in [5, 5.41) is 3.26. The van der Waals surface area contributed by atoms with Gasteiger partial charge in [0.1, 0.15) is 0 Å². The number of likely N-dealkylation sites (N-methyl/N-ethyl adjacent to an activating group) is 1. The molecule has 1 N–H and O–H groups in total. The zero-order chi connectivity index (χ0) is 11.6. The van der Waals surface area contributed by atoms with Gasteiger partial charge in [-0.25, -0.2) is 0 Å². The number of hydrogen-bond donors (Lipinski definition) is 1. The van der Waals surface area contributed by atoms with Crippen LogP contribution in [0.3, 0.4) is 0 Å². The summed E-state index contributed by atoms with van der Waals surface area (Å²) in [4.78, 5) is 4.85. The summed E-state index contributed by atoms with van der Waals surface area (Å²) < 4.78 is 5.91. The van der Waals surface area contributed by atoms with Crippen LogP contribution in [0, 0.1) is 0 Å². The average Bonchev–Trinajstić information content (AvgIpc) is 2.64. The van der Waals surface area contributed by atoms with E-state index in [1.807, 2.05) is 0 Å². The van der Waals surface area contributed by atoms with Crippen LogP contribution in [0.25, 0.3) is 0 Å². The van der Waals surface area contributed by atoms with E-state index in [2.05, 4.69) is 36.1 Å². The molecular weight excluding hydrogens is 202 g/mol.